The van der Waals surface area contributed by atoms with Gasteiger partial charge in [-0.25, -0.2) is 22.4 Å². The topological polar surface area (TPSA) is 176 Å². The van der Waals surface area contributed by atoms with E-state index in [9.17, 15) is 32.7 Å². The van der Waals surface area contributed by atoms with Gasteiger partial charge in [-0.05, 0) is 30.2 Å². The van der Waals surface area contributed by atoms with E-state index in [0.717, 1.165) is 11.0 Å². The minimum absolute atomic E-state index is 0.000742. The third-order valence-corrected chi connectivity index (χ3v) is 10.6. The number of aliphatic carboxylic acids is 1. The van der Waals surface area contributed by atoms with Gasteiger partial charge in [0.25, 0.3) is 0 Å². The zero-order chi connectivity index (χ0) is 33.1. The number of nitrogens with zero attached hydrogens (tertiary/aromatic N) is 2. The van der Waals surface area contributed by atoms with Gasteiger partial charge in [0, 0.05) is 18.7 Å². The highest BCUT2D eigenvalue weighted by molar-refractivity contribution is 7.92. The van der Waals surface area contributed by atoms with Gasteiger partial charge in [-0.2, -0.15) is 0 Å². The van der Waals surface area contributed by atoms with Crippen LogP contribution < -0.4 is 11.1 Å². The van der Waals surface area contributed by atoms with E-state index in [0.29, 0.717) is 0 Å². The quantitative estimate of drug-likeness (QED) is 0.315. The van der Waals surface area contributed by atoms with E-state index >= 15 is 4.39 Å². The van der Waals surface area contributed by atoms with Crippen LogP contribution in [0.2, 0.25) is 0 Å². The van der Waals surface area contributed by atoms with Crippen molar-refractivity contribution in [2.24, 2.45) is 5.73 Å². The lowest BCUT2D eigenvalue weighted by atomic mass is 9.85. The summed E-state index contributed by atoms with van der Waals surface area (Å²) in [4.78, 5) is 56.1. The van der Waals surface area contributed by atoms with Crippen molar-refractivity contribution in [1.82, 2.24) is 15.1 Å². The van der Waals surface area contributed by atoms with Crippen LogP contribution >= 0.6 is 0 Å². The molecule has 4 atom stereocenters. The lowest BCUT2D eigenvalue weighted by Crippen LogP contribution is -2.57. The van der Waals surface area contributed by atoms with Crippen LogP contribution in [-0.2, 0) is 34.5 Å². The highest BCUT2D eigenvalue weighted by Crippen LogP contribution is 2.45. The number of benzene rings is 3. The Hall–Kier alpha value is -4.82. The molecule has 0 bridgehead atoms. The Morgan fingerprint density at radius 3 is 2.11 bits per heavy atom. The molecule has 2 heterocycles. The summed E-state index contributed by atoms with van der Waals surface area (Å²) in [6, 6.07) is 15.9. The van der Waals surface area contributed by atoms with E-state index in [4.69, 9.17) is 10.5 Å². The summed E-state index contributed by atoms with van der Waals surface area (Å²) in [5.41, 5.74) is 2.82. The number of primary amides is 1. The van der Waals surface area contributed by atoms with Crippen LogP contribution in [0.15, 0.2) is 89.8 Å². The number of hydrogen-bond acceptors (Lipinski definition) is 7. The summed E-state index contributed by atoms with van der Waals surface area (Å²) >= 11 is 0. The maximum absolute atomic E-state index is 15.6. The average Bonchev–Trinajstić information content (AvgIpc) is 3.47. The number of carbonyl (C=O) groups excluding carboxylic acids is 3. The van der Waals surface area contributed by atoms with Crippen LogP contribution in [-0.4, -0.2) is 84.7 Å². The molecule has 0 aromatic heterocycles. The van der Waals surface area contributed by atoms with Crippen LogP contribution in [0.25, 0.3) is 0 Å². The van der Waals surface area contributed by atoms with Crippen LogP contribution in [0.5, 0.6) is 0 Å². The van der Waals surface area contributed by atoms with E-state index in [-0.39, 0.29) is 42.3 Å². The van der Waals surface area contributed by atoms with Crippen molar-refractivity contribution in [3.63, 3.8) is 0 Å². The van der Waals surface area contributed by atoms with Gasteiger partial charge in [0.2, 0.25) is 11.8 Å². The van der Waals surface area contributed by atoms with Crippen molar-refractivity contribution in [3.05, 3.63) is 102 Å². The molecule has 2 saturated heterocycles. The average molecular weight is 653 g/mol. The number of ether oxygens (including phenoxy) is 1. The number of urea groups is 1. The molecular formula is C32H33FN4O8S. The summed E-state index contributed by atoms with van der Waals surface area (Å²) in [6.07, 6.45) is -1.36. The molecular weight excluding hydrogens is 619 g/mol. The number of hydrogen-bond donors (Lipinski definition) is 3. The Morgan fingerprint density at radius 2 is 1.52 bits per heavy atom. The molecule has 0 aliphatic carbocycles. The fraction of sp³-hybridized carbons (Fsp3) is 0.312. The Kier molecular flexibility index (Phi) is 9.39. The molecule has 0 saturated carbocycles. The molecule has 2 aliphatic rings. The smallest absolute Gasteiger partial charge is 0.334 e. The van der Waals surface area contributed by atoms with Gasteiger partial charge >= 0.3 is 12.0 Å². The molecule has 0 spiro atoms. The first-order valence-electron chi connectivity index (χ1n) is 14.5. The van der Waals surface area contributed by atoms with Gasteiger partial charge in [0.15, 0.2) is 15.4 Å². The van der Waals surface area contributed by atoms with Crippen molar-refractivity contribution < 1.29 is 41.8 Å². The third-order valence-electron chi connectivity index (χ3n) is 8.42. The zero-order valence-corrected chi connectivity index (χ0v) is 25.4. The lowest BCUT2D eigenvalue weighted by molar-refractivity contribution is -0.153. The van der Waals surface area contributed by atoms with E-state index in [1.807, 2.05) is 0 Å². The van der Waals surface area contributed by atoms with Crippen molar-refractivity contribution in [3.8, 4) is 0 Å². The van der Waals surface area contributed by atoms with Gasteiger partial charge in [-0.3, -0.25) is 9.59 Å². The number of halogens is 1. The fourth-order valence-corrected chi connectivity index (χ4v) is 8.19. The normalized spacial score (nSPS) is 21.3. The largest absolute Gasteiger partial charge is 0.479 e. The van der Waals surface area contributed by atoms with Gasteiger partial charge in [-0.15, -0.1) is 0 Å². The van der Waals surface area contributed by atoms with Gasteiger partial charge < -0.3 is 30.7 Å². The SMILES string of the molecule is NC(=O)NC(CC(=O)N1C(C(=O)N2CCOCC2)CC(S(=O)(=O)c2ccccc2)C1c1ccccc1F)(C(=O)O)c1ccccc1. The number of sulfone groups is 1. The summed E-state index contributed by atoms with van der Waals surface area (Å²) in [7, 11) is -4.31. The first-order valence-corrected chi connectivity index (χ1v) is 16.1. The Labute approximate surface area is 264 Å². The van der Waals surface area contributed by atoms with Gasteiger partial charge in [0.05, 0.1) is 35.8 Å². The second-order valence-electron chi connectivity index (χ2n) is 11.1. The molecule has 12 nitrogen and oxygen atoms in total. The van der Waals surface area contributed by atoms with Crippen molar-refractivity contribution in [1.29, 1.82) is 0 Å². The number of carbonyl (C=O) groups is 4. The predicted octanol–water partition coefficient (Wildman–Crippen LogP) is 2.21. The zero-order valence-electron chi connectivity index (χ0n) is 24.6. The van der Waals surface area contributed by atoms with Crippen molar-refractivity contribution in [2.75, 3.05) is 26.3 Å². The number of amides is 4. The van der Waals surface area contributed by atoms with E-state index < -0.39 is 75.2 Å². The molecule has 46 heavy (non-hydrogen) atoms. The van der Waals surface area contributed by atoms with Crippen LogP contribution in [0, 0.1) is 5.82 Å². The summed E-state index contributed by atoms with van der Waals surface area (Å²) in [6.45, 7) is 0.773. The third kappa shape index (κ3) is 6.17. The summed E-state index contributed by atoms with van der Waals surface area (Å²) in [5, 5.41) is 11.2. The first kappa shape index (κ1) is 32.6. The maximum atomic E-state index is 15.6. The molecule has 4 unspecified atom stereocenters. The maximum Gasteiger partial charge on any atom is 0.334 e. The van der Waals surface area contributed by atoms with E-state index in [2.05, 4.69) is 5.32 Å². The molecule has 14 heteroatoms. The fourth-order valence-electron chi connectivity index (χ4n) is 6.25. The monoisotopic (exact) mass is 652 g/mol. The minimum Gasteiger partial charge on any atom is -0.479 e. The Balaban J connectivity index is 1.69. The molecule has 2 fully saturated rings. The lowest BCUT2D eigenvalue weighted by Gasteiger charge is -2.37. The van der Waals surface area contributed by atoms with Crippen LogP contribution in [0.4, 0.5) is 9.18 Å². The van der Waals surface area contributed by atoms with Gasteiger partial charge in [-0.1, -0.05) is 66.7 Å². The molecule has 5 rings (SSSR count). The molecule has 4 N–H and O–H groups in total. The van der Waals surface area contributed by atoms with Gasteiger partial charge in [0.1, 0.15) is 11.9 Å². The standard InChI is InChI=1S/C32H33FN4O8S/c33-24-14-8-7-13-23(24)28-26(46(43,44)22-11-5-2-6-12-22)19-25(29(39)36-15-17-45-18-16-36)37(28)27(38)20-32(30(40)41,35-31(34)42)21-9-3-1-4-10-21/h1-14,25-26,28H,15-20H2,(H,40,41)(H3,34,35,42). The molecule has 2 aliphatic heterocycles. The van der Waals surface area contributed by atoms with E-state index in [1.165, 1.54) is 71.6 Å². The van der Waals surface area contributed by atoms with Crippen LogP contribution in [0.3, 0.4) is 0 Å². The van der Waals surface area contributed by atoms with E-state index in [1.54, 1.807) is 12.1 Å². The number of likely N-dealkylation sites (tertiary alicyclic amines) is 1. The number of nitrogens with two attached hydrogens (primary N) is 1. The Morgan fingerprint density at radius 1 is 0.935 bits per heavy atom. The number of carboxylic acid groups (broad SMARTS) is 1. The molecule has 3 aromatic carbocycles. The Bertz CT molecular complexity index is 1720. The number of carboxylic acids is 1. The second-order valence-corrected chi connectivity index (χ2v) is 13.3. The highest BCUT2D eigenvalue weighted by atomic mass is 32.2. The molecule has 4 amide bonds. The highest BCUT2D eigenvalue weighted by Gasteiger charge is 2.56. The number of nitrogens with one attached hydrogen (secondary N) is 1. The molecule has 242 valence electrons. The number of morpholine rings is 1. The van der Waals surface area contributed by atoms with Crippen molar-refractivity contribution >= 4 is 33.7 Å². The van der Waals surface area contributed by atoms with Crippen LogP contribution in [0.1, 0.15) is 30.0 Å². The minimum atomic E-state index is -4.31. The summed E-state index contributed by atoms with van der Waals surface area (Å²) < 4.78 is 49.4. The molecule has 0 radical (unpaired) electrons. The van der Waals surface area contributed by atoms with Crippen molar-refractivity contribution in [2.45, 2.75) is 40.6 Å². The molecule has 3 aromatic rings. The second kappa shape index (κ2) is 13.3. The first-order chi connectivity index (χ1) is 22.0. The predicted molar refractivity (Wildman–Crippen MR) is 162 cm³/mol. The number of rotatable bonds is 9. The summed E-state index contributed by atoms with van der Waals surface area (Å²) in [5.74, 6) is -4.05.